The quantitative estimate of drug-likeness (QED) is 0.776. The van der Waals surface area contributed by atoms with Crippen molar-refractivity contribution in [1.29, 1.82) is 0 Å². The van der Waals surface area contributed by atoms with Gasteiger partial charge in [0.25, 0.3) is 0 Å². The summed E-state index contributed by atoms with van der Waals surface area (Å²) >= 11 is 0. The first-order chi connectivity index (χ1) is 13.2. The van der Waals surface area contributed by atoms with Crippen LogP contribution in [0, 0.1) is 13.8 Å². The SMILES string of the molecule is Cc1cc(N2CCCCS2(=O)=O)cc(C)c1S(=O)(=O)NCCc1ccccc1. The Bertz CT molecular complexity index is 1030. The lowest BCUT2D eigenvalue weighted by Gasteiger charge is -2.29. The highest BCUT2D eigenvalue weighted by molar-refractivity contribution is 7.92. The summed E-state index contributed by atoms with van der Waals surface area (Å²) in [7, 11) is -7.02. The minimum Gasteiger partial charge on any atom is -0.270 e. The van der Waals surface area contributed by atoms with Crippen molar-refractivity contribution in [3.8, 4) is 0 Å². The van der Waals surface area contributed by atoms with E-state index in [1.807, 2.05) is 30.3 Å². The van der Waals surface area contributed by atoms with Gasteiger partial charge in [-0.1, -0.05) is 30.3 Å². The molecule has 0 amide bonds. The topological polar surface area (TPSA) is 83.6 Å². The zero-order valence-corrected chi connectivity index (χ0v) is 17.8. The Kier molecular flexibility index (Phi) is 6.12. The molecule has 152 valence electrons. The molecule has 1 aliphatic heterocycles. The van der Waals surface area contributed by atoms with Crippen LogP contribution >= 0.6 is 0 Å². The Labute approximate surface area is 167 Å². The summed E-state index contributed by atoms with van der Waals surface area (Å²) in [6.45, 7) is 4.15. The van der Waals surface area contributed by atoms with Crippen LogP contribution in [0.4, 0.5) is 5.69 Å². The third kappa shape index (κ3) is 4.56. The fraction of sp³-hybridized carbons (Fsp3) is 0.400. The molecule has 2 aromatic carbocycles. The van der Waals surface area contributed by atoms with Crippen molar-refractivity contribution in [2.45, 2.75) is 38.0 Å². The van der Waals surface area contributed by atoms with Crippen molar-refractivity contribution in [3.63, 3.8) is 0 Å². The summed E-state index contributed by atoms with van der Waals surface area (Å²) < 4.78 is 54.4. The summed E-state index contributed by atoms with van der Waals surface area (Å²) in [5.74, 6) is 0.131. The predicted molar refractivity (Wildman–Crippen MR) is 112 cm³/mol. The van der Waals surface area contributed by atoms with E-state index in [0.717, 1.165) is 12.0 Å². The van der Waals surface area contributed by atoms with Gasteiger partial charge >= 0.3 is 0 Å². The van der Waals surface area contributed by atoms with Crippen molar-refractivity contribution < 1.29 is 16.8 Å². The predicted octanol–water partition coefficient (Wildman–Crippen LogP) is 2.75. The molecule has 1 fully saturated rings. The Morgan fingerprint density at radius 2 is 1.68 bits per heavy atom. The Balaban J connectivity index is 1.81. The molecule has 0 unspecified atom stereocenters. The first-order valence-electron chi connectivity index (χ1n) is 9.36. The highest BCUT2D eigenvalue weighted by atomic mass is 32.2. The first-order valence-corrected chi connectivity index (χ1v) is 12.5. The molecule has 0 atom stereocenters. The highest BCUT2D eigenvalue weighted by Gasteiger charge is 2.28. The standard InChI is InChI=1S/C20H26N2O4S2/c1-16-14-19(22-12-6-7-13-27(22,23)24)15-17(2)20(16)28(25,26)21-11-10-18-8-4-3-5-9-18/h3-5,8-9,14-15,21H,6-7,10-13H2,1-2H3. The van der Waals surface area contributed by atoms with Crippen LogP contribution in [0.5, 0.6) is 0 Å². The van der Waals surface area contributed by atoms with Gasteiger partial charge in [-0.15, -0.1) is 0 Å². The van der Waals surface area contributed by atoms with Gasteiger partial charge in [0, 0.05) is 13.1 Å². The second-order valence-electron chi connectivity index (χ2n) is 7.14. The van der Waals surface area contributed by atoms with Crippen LogP contribution in [0.3, 0.4) is 0 Å². The van der Waals surface area contributed by atoms with E-state index in [0.29, 0.717) is 42.7 Å². The molecule has 1 aliphatic rings. The Hall–Kier alpha value is -1.90. The van der Waals surface area contributed by atoms with Crippen LogP contribution in [0.1, 0.15) is 29.5 Å². The molecule has 1 saturated heterocycles. The van der Waals surface area contributed by atoms with Crippen LogP contribution in [-0.2, 0) is 26.5 Å². The molecule has 0 aliphatic carbocycles. The van der Waals surface area contributed by atoms with Crippen LogP contribution in [0.2, 0.25) is 0 Å². The fourth-order valence-electron chi connectivity index (χ4n) is 3.62. The molecule has 0 bridgehead atoms. The van der Waals surface area contributed by atoms with E-state index >= 15 is 0 Å². The van der Waals surface area contributed by atoms with Crippen LogP contribution in [0.25, 0.3) is 0 Å². The van der Waals surface area contributed by atoms with Crippen molar-refractivity contribution in [2.75, 3.05) is 23.1 Å². The normalized spacial score (nSPS) is 16.9. The van der Waals surface area contributed by atoms with Gasteiger partial charge in [-0.2, -0.15) is 0 Å². The van der Waals surface area contributed by atoms with Gasteiger partial charge < -0.3 is 0 Å². The molecule has 28 heavy (non-hydrogen) atoms. The van der Waals surface area contributed by atoms with Gasteiger partial charge in [0.1, 0.15) is 0 Å². The number of anilines is 1. The van der Waals surface area contributed by atoms with Crippen LogP contribution in [0.15, 0.2) is 47.4 Å². The molecule has 0 saturated carbocycles. The van der Waals surface area contributed by atoms with Crippen LogP contribution in [-0.4, -0.2) is 35.7 Å². The van der Waals surface area contributed by atoms with Gasteiger partial charge in [-0.25, -0.2) is 21.6 Å². The smallest absolute Gasteiger partial charge is 0.241 e. The molecule has 6 nitrogen and oxygen atoms in total. The number of aryl methyl sites for hydroxylation is 2. The number of nitrogens with one attached hydrogen (secondary N) is 1. The van der Waals surface area contributed by atoms with E-state index in [9.17, 15) is 16.8 Å². The van der Waals surface area contributed by atoms with E-state index in [-0.39, 0.29) is 10.6 Å². The molecule has 1 heterocycles. The van der Waals surface area contributed by atoms with Gasteiger partial charge in [-0.3, -0.25) is 4.31 Å². The van der Waals surface area contributed by atoms with Crippen molar-refractivity contribution in [2.24, 2.45) is 0 Å². The van der Waals surface area contributed by atoms with E-state index in [1.54, 1.807) is 26.0 Å². The lowest BCUT2D eigenvalue weighted by atomic mass is 10.1. The summed E-state index contributed by atoms with van der Waals surface area (Å²) in [5, 5.41) is 0. The maximum Gasteiger partial charge on any atom is 0.241 e. The summed E-state index contributed by atoms with van der Waals surface area (Å²) in [5.41, 5.74) is 2.69. The molecule has 1 N–H and O–H groups in total. The monoisotopic (exact) mass is 422 g/mol. The maximum absolute atomic E-state index is 12.8. The summed E-state index contributed by atoms with van der Waals surface area (Å²) in [6, 6.07) is 13.0. The third-order valence-electron chi connectivity index (χ3n) is 4.90. The van der Waals surface area contributed by atoms with Gasteiger partial charge in [0.05, 0.1) is 16.3 Å². The molecule has 3 rings (SSSR count). The molecule has 2 aromatic rings. The number of benzene rings is 2. The van der Waals surface area contributed by atoms with Crippen molar-refractivity contribution >= 4 is 25.7 Å². The molecular formula is C20H26N2O4S2. The molecule has 8 heteroatoms. The molecule has 0 aromatic heterocycles. The minimum atomic E-state index is -3.69. The number of hydrogen-bond acceptors (Lipinski definition) is 4. The van der Waals surface area contributed by atoms with Crippen molar-refractivity contribution in [1.82, 2.24) is 4.72 Å². The zero-order chi connectivity index (χ0) is 20.4. The molecule has 0 radical (unpaired) electrons. The highest BCUT2D eigenvalue weighted by Crippen LogP contribution is 2.30. The average Bonchev–Trinajstić information content (AvgIpc) is 2.61. The first kappa shape index (κ1) is 20.8. The average molecular weight is 423 g/mol. The third-order valence-corrected chi connectivity index (χ3v) is 8.53. The molecular weight excluding hydrogens is 396 g/mol. The van der Waals surface area contributed by atoms with Crippen LogP contribution < -0.4 is 9.03 Å². The number of nitrogens with zero attached hydrogens (tertiary/aromatic N) is 1. The van der Waals surface area contributed by atoms with E-state index in [4.69, 9.17) is 0 Å². The van der Waals surface area contributed by atoms with Gasteiger partial charge in [0.15, 0.2) is 0 Å². The van der Waals surface area contributed by atoms with Gasteiger partial charge in [-0.05, 0) is 61.9 Å². The zero-order valence-electron chi connectivity index (χ0n) is 16.2. The molecule has 0 spiro atoms. The van der Waals surface area contributed by atoms with E-state index < -0.39 is 20.0 Å². The Morgan fingerprint density at radius 1 is 1.04 bits per heavy atom. The minimum absolute atomic E-state index is 0.131. The number of rotatable bonds is 6. The van der Waals surface area contributed by atoms with Crippen molar-refractivity contribution in [3.05, 3.63) is 59.2 Å². The van der Waals surface area contributed by atoms with Gasteiger partial charge in [0.2, 0.25) is 20.0 Å². The lowest BCUT2D eigenvalue weighted by molar-refractivity contribution is 0.574. The lowest BCUT2D eigenvalue weighted by Crippen LogP contribution is -2.38. The number of hydrogen-bond donors (Lipinski definition) is 1. The summed E-state index contributed by atoms with van der Waals surface area (Å²) in [4.78, 5) is 0.221. The van der Waals surface area contributed by atoms with E-state index in [2.05, 4.69) is 4.72 Å². The summed E-state index contributed by atoms with van der Waals surface area (Å²) in [6.07, 6.45) is 2.06. The number of sulfonamides is 2. The Morgan fingerprint density at radius 3 is 2.29 bits per heavy atom. The second kappa shape index (κ2) is 8.23. The second-order valence-corrected chi connectivity index (χ2v) is 10.9. The van der Waals surface area contributed by atoms with E-state index in [1.165, 1.54) is 4.31 Å². The fourth-order valence-corrected chi connectivity index (χ4v) is 6.72. The largest absolute Gasteiger partial charge is 0.270 e. The maximum atomic E-state index is 12.8.